The lowest BCUT2D eigenvalue weighted by Gasteiger charge is -2.35. The van der Waals surface area contributed by atoms with Crippen LogP contribution in [0, 0.1) is 11.7 Å². The summed E-state index contributed by atoms with van der Waals surface area (Å²) in [7, 11) is 2.00. The molecule has 0 saturated heterocycles. The molecule has 0 bridgehead atoms. The minimum atomic E-state index is -0.338. The van der Waals surface area contributed by atoms with E-state index in [2.05, 4.69) is 11.8 Å². The van der Waals surface area contributed by atoms with Crippen LogP contribution in [-0.4, -0.2) is 59.7 Å². The second-order valence-corrected chi connectivity index (χ2v) is 9.85. The highest BCUT2D eigenvalue weighted by Crippen LogP contribution is 2.31. The second-order valence-electron chi connectivity index (χ2n) is 9.85. The van der Waals surface area contributed by atoms with Gasteiger partial charge in [-0.25, -0.2) is 4.39 Å². The molecule has 190 valence electrons. The number of nitrogens with zero attached hydrogens (tertiary/aromatic N) is 2. The standard InChI is InChI=1S/C30H35FN2O3/c1-21-16-33(22(2)19-34)30(35)28-14-7-6-13-27(28)26-12-5-4-10-24(26)20-36-29(21)18-32(3)17-23-9-8-11-25(31)15-23/h4-15,21-22,29,34H,16-20H2,1-3H3/t21-,22+,29+/m0/s1. The highest BCUT2D eigenvalue weighted by atomic mass is 19.1. The van der Waals surface area contributed by atoms with Gasteiger partial charge >= 0.3 is 0 Å². The first kappa shape index (κ1) is 26.0. The number of hydrogen-bond donors (Lipinski definition) is 1. The van der Waals surface area contributed by atoms with Crippen molar-refractivity contribution in [1.82, 2.24) is 9.80 Å². The first-order valence-corrected chi connectivity index (χ1v) is 12.5. The van der Waals surface area contributed by atoms with Gasteiger partial charge in [-0.05, 0) is 54.4 Å². The number of amides is 1. The average Bonchev–Trinajstić information content (AvgIpc) is 2.89. The SMILES string of the molecule is C[C@H](CO)N1C[C@H](C)[C@@H](CN(C)Cc2cccc(F)c2)OCc2ccccc2-c2ccccc2C1=O. The smallest absolute Gasteiger partial charge is 0.254 e. The summed E-state index contributed by atoms with van der Waals surface area (Å²) in [5, 5.41) is 9.97. The van der Waals surface area contributed by atoms with Crippen LogP contribution in [0.5, 0.6) is 0 Å². The molecule has 0 radical (unpaired) electrons. The summed E-state index contributed by atoms with van der Waals surface area (Å²) in [5.74, 6) is -0.346. The number of hydrogen-bond acceptors (Lipinski definition) is 4. The lowest BCUT2D eigenvalue weighted by atomic mass is 9.94. The van der Waals surface area contributed by atoms with Crippen molar-refractivity contribution in [2.75, 3.05) is 26.7 Å². The molecule has 0 aliphatic carbocycles. The van der Waals surface area contributed by atoms with E-state index < -0.39 is 0 Å². The fourth-order valence-corrected chi connectivity index (χ4v) is 4.87. The molecule has 5 nitrogen and oxygen atoms in total. The molecule has 0 fully saturated rings. The van der Waals surface area contributed by atoms with Crippen molar-refractivity contribution in [3.8, 4) is 11.1 Å². The molecule has 4 rings (SSSR count). The van der Waals surface area contributed by atoms with Gasteiger partial charge in [-0.3, -0.25) is 9.69 Å². The minimum absolute atomic E-state index is 0.00432. The first-order valence-electron chi connectivity index (χ1n) is 12.5. The summed E-state index contributed by atoms with van der Waals surface area (Å²) in [6.45, 7) is 5.89. The number of halogens is 1. The van der Waals surface area contributed by atoms with Gasteiger partial charge in [-0.1, -0.05) is 61.5 Å². The molecule has 1 aliphatic heterocycles. The number of aliphatic hydroxyl groups excluding tert-OH is 1. The van der Waals surface area contributed by atoms with Crippen LogP contribution in [0.2, 0.25) is 0 Å². The van der Waals surface area contributed by atoms with Gasteiger partial charge in [0.1, 0.15) is 5.82 Å². The van der Waals surface area contributed by atoms with E-state index in [0.29, 0.717) is 31.8 Å². The monoisotopic (exact) mass is 490 g/mol. The quantitative estimate of drug-likeness (QED) is 0.529. The zero-order chi connectivity index (χ0) is 25.7. The van der Waals surface area contributed by atoms with Gasteiger partial charge < -0.3 is 14.7 Å². The van der Waals surface area contributed by atoms with E-state index >= 15 is 0 Å². The van der Waals surface area contributed by atoms with Crippen molar-refractivity contribution in [3.63, 3.8) is 0 Å². The molecule has 0 spiro atoms. The molecule has 3 aromatic carbocycles. The topological polar surface area (TPSA) is 53.0 Å². The third kappa shape index (κ3) is 6.01. The Bertz CT molecular complexity index is 1180. The van der Waals surface area contributed by atoms with Crippen LogP contribution in [0.15, 0.2) is 72.8 Å². The average molecular weight is 491 g/mol. The minimum Gasteiger partial charge on any atom is -0.394 e. The Hall–Kier alpha value is -3.06. The number of ether oxygens (including phenoxy) is 1. The summed E-state index contributed by atoms with van der Waals surface area (Å²) in [6, 6.07) is 22.0. The summed E-state index contributed by atoms with van der Waals surface area (Å²) in [6.07, 6.45) is -0.181. The van der Waals surface area contributed by atoms with Crippen LogP contribution in [0.4, 0.5) is 4.39 Å². The van der Waals surface area contributed by atoms with E-state index in [-0.39, 0.29) is 36.4 Å². The lowest BCUT2D eigenvalue weighted by molar-refractivity contribution is -0.0241. The third-order valence-corrected chi connectivity index (χ3v) is 6.93. The van der Waals surface area contributed by atoms with Gasteiger partial charge in [0.05, 0.1) is 25.4 Å². The molecule has 3 aromatic rings. The van der Waals surface area contributed by atoms with Crippen LogP contribution < -0.4 is 0 Å². The molecule has 3 atom stereocenters. The van der Waals surface area contributed by atoms with Gasteiger partial charge in [-0.15, -0.1) is 0 Å². The molecule has 1 N–H and O–H groups in total. The Labute approximate surface area is 213 Å². The van der Waals surface area contributed by atoms with Gasteiger partial charge in [0.25, 0.3) is 5.91 Å². The Morgan fingerprint density at radius 1 is 1.06 bits per heavy atom. The Morgan fingerprint density at radius 3 is 2.47 bits per heavy atom. The predicted octanol–water partition coefficient (Wildman–Crippen LogP) is 4.98. The number of benzene rings is 3. The maximum absolute atomic E-state index is 13.9. The molecule has 0 saturated carbocycles. The molecule has 1 heterocycles. The van der Waals surface area contributed by atoms with Crippen molar-refractivity contribution in [1.29, 1.82) is 0 Å². The Morgan fingerprint density at radius 2 is 1.75 bits per heavy atom. The molecular formula is C30H35FN2O3. The van der Waals surface area contributed by atoms with Crippen molar-refractivity contribution >= 4 is 5.91 Å². The van der Waals surface area contributed by atoms with E-state index in [1.807, 2.05) is 68.6 Å². The van der Waals surface area contributed by atoms with E-state index in [0.717, 1.165) is 22.3 Å². The highest BCUT2D eigenvalue weighted by Gasteiger charge is 2.30. The van der Waals surface area contributed by atoms with Crippen LogP contribution in [0.25, 0.3) is 11.1 Å². The third-order valence-electron chi connectivity index (χ3n) is 6.93. The summed E-state index contributed by atoms with van der Waals surface area (Å²) in [5.41, 5.74) is 4.38. The van der Waals surface area contributed by atoms with Gasteiger partial charge in [0, 0.05) is 31.1 Å². The van der Waals surface area contributed by atoms with Crippen molar-refractivity contribution in [2.24, 2.45) is 5.92 Å². The molecule has 36 heavy (non-hydrogen) atoms. The lowest BCUT2D eigenvalue weighted by Crippen LogP contribution is -2.47. The van der Waals surface area contributed by atoms with Crippen molar-refractivity contribution in [3.05, 3.63) is 95.3 Å². The van der Waals surface area contributed by atoms with E-state index in [1.54, 1.807) is 17.0 Å². The van der Waals surface area contributed by atoms with E-state index in [1.165, 1.54) is 6.07 Å². The molecular weight excluding hydrogens is 455 g/mol. The first-order chi connectivity index (χ1) is 17.4. The van der Waals surface area contributed by atoms with Gasteiger partial charge in [-0.2, -0.15) is 0 Å². The molecule has 1 aliphatic rings. The summed E-state index contributed by atoms with van der Waals surface area (Å²) >= 11 is 0. The van der Waals surface area contributed by atoms with Crippen LogP contribution in [0.1, 0.15) is 35.3 Å². The van der Waals surface area contributed by atoms with Crippen LogP contribution >= 0.6 is 0 Å². The fourth-order valence-electron chi connectivity index (χ4n) is 4.87. The van der Waals surface area contributed by atoms with Gasteiger partial charge in [0.15, 0.2) is 0 Å². The number of aliphatic hydroxyl groups is 1. The second kappa shape index (κ2) is 11.8. The van der Waals surface area contributed by atoms with Crippen molar-refractivity contribution in [2.45, 2.75) is 39.1 Å². The van der Waals surface area contributed by atoms with Crippen LogP contribution in [0.3, 0.4) is 0 Å². The zero-order valence-corrected chi connectivity index (χ0v) is 21.2. The largest absolute Gasteiger partial charge is 0.394 e. The Kier molecular flexibility index (Phi) is 8.52. The summed E-state index contributed by atoms with van der Waals surface area (Å²) < 4.78 is 20.2. The molecule has 0 aromatic heterocycles. The number of carbonyl (C=O) groups is 1. The fraction of sp³-hybridized carbons (Fsp3) is 0.367. The van der Waals surface area contributed by atoms with Crippen LogP contribution in [-0.2, 0) is 17.9 Å². The number of carbonyl (C=O) groups excluding carboxylic acids is 1. The Balaban J connectivity index is 1.67. The van der Waals surface area contributed by atoms with Crippen molar-refractivity contribution < 1.29 is 19.0 Å². The highest BCUT2D eigenvalue weighted by molar-refractivity contribution is 6.01. The number of fused-ring (bicyclic) bond motifs is 3. The number of likely N-dealkylation sites (N-methyl/N-ethyl adjacent to an activating group) is 1. The summed E-state index contributed by atoms with van der Waals surface area (Å²) in [4.78, 5) is 17.7. The van der Waals surface area contributed by atoms with E-state index in [4.69, 9.17) is 4.74 Å². The molecule has 1 amide bonds. The normalized spacial score (nSPS) is 19.4. The van der Waals surface area contributed by atoms with E-state index in [9.17, 15) is 14.3 Å². The zero-order valence-electron chi connectivity index (χ0n) is 21.2. The predicted molar refractivity (Wildman–Crippen MR) is 140 cm³/mol. The molecule has 6 heteroatoms. The van der Waals surface area contributed by atoms with Gasteiger partial charge in [0.2, 0.25) is 0 Å². The molecule has 0 unspecified atom stereocenters. The number of rotatable bonds is 6. The maximum Gasteiger partial charge on any atom is 0.254 e. The maximum atomic E-state index is 13.9.